The van der Waals surface area contributed by atoms with Crippen LogP contribution < -0.4 is 9.47 Å². The van der Waals surface area contributed by atoms with Crippen LogP contribution in [0, 0.1) is 0 Å². The van der Waals surface area contributed by atoms with Gasteiger partial charge in [-0.3, -0.25) is 0 Å². The van der Waals surface area contributed by atoms with Gasteiger partial charge in [0.15, 0.2) is 8.32 Å². The molecule has 182 valence electrons. The Kier molecular flexibility index (Phi) is 8.24. The van der Waals surface area contributed by atoms with Gasteiger partial charge in [0.25, 0.3) is 0 Å². The molecule has 4 nitrogen and oxygen atoms in total. The van der Waals surface area contributed by atoms with E-state index in [1.807, 2.05) is 78.9 Å². The maximum absolute atomic E-state index is 12.0. The molecule has 0 saturated heterocycles. The lowest BCUT2D eigenvalue weighted by molar-refractivity contribution is 0.125. The highest BCUT2D eigenvalue weighted by molar-refractivity contribution is 6.74. The van der Waals surface area contributed by atoms with Gasteiger partial charge in [-0.25, -0.2) is 0 Å². The molecule has 3 aromatic carbocycles. The molecule has 0 heterocycles. The minimum atomic E-state index is -1.72. The van der Waals surface area contributed by atoms with Crippen molar-refractivity contribution in [2.45, 2.75) is 50.9 Å². The van der Waals surface area contributed by atoms with E-state index in [1.165, 1.54) is 0 Å². The number of hydrogen-bond donors (Lipinski definition) is 1. The van der Waals surface area contributed by atoms with Crippen molar-refractivity contribution in [2.24, 2.45) is 0 Å². The van der Waals surface area contributed by atoms with Crippen LogP contribution in [0.3, 0.4) is 0 Å². The molecule has 0 aliphatic rings. The SMILES string of the molecule is COc1ccc(C(O)(c2ccccc2)c2ccc(OCCCO[Si](C)(C)C(C)(C)C)cc2)cc1. The lowest BCUT2D eigenvalue weighted by Gasteiger charge is -2.36. The topological polar surface area (TPSA) is 47.9 Å². The predicted molar refractivity (Wildman–Crippen MR) is 141 cm³/mol. The molecular formula is C29H38O4Si. The van der Waals surface area contributed by atoms with Crippen LogP contribution in [0.15, 0.2) is 78.9 Å². The van der Waals surface area contributed by atoms with E-state index in [0.29, 0.717) is 13.2 Å². The van der Waals surface area contributed by atoms with Gasteiger partial charge in [0.05, 0.1) is 13.7 Å². The van der Waals surface area contributed by atoms with Gasteiger partial charge in [-0.2, -0.15) is 0 Å². The van der Waals surface area contributed by atoms with Crippen LogP contribution >= 0.6 is 0 Å². The van der Waals surface area contributed by atoms with Gasteiger partial charge in [0.1, 0.15) is 17.1 Å². The summed E-state index contributed by atoms with van der Waals surface area (Å²) in [4.78, 5) is 0. The molecule has 0 aliphatic heterocycles. The number of methoxy groups -OCH3 is 1. The molecule has 1 N–H and O–H groups in total. The Morgan fingerprint density at radius 1 is 0.706 bits per heavy atom. The summed E-state index contributed by atoms with van der Waals surface area (Å²) in [6.45, 7) is 12.6. The molecule has 3 aromatic rings. The highest BCUT2D eigenvalue weighted by Gasteiger charge is 2.37. The van der Waals surface area contributed by atoms with Gasteiger partial charge in [-0.05, 0) is 59.1 Å². The molecule has 5 heteroatoms. The van der Waals surface area contributed by atoms with Crippen molar-refractivity contribution in [1.82, 2.24) is 0 Å². The van der Waals surface area contributed by atoms with E-state index < -0.39 is 13.9 Å². The maximum atomic E-state index is 12.0. The van der Waals surface area contributed by atoms with Gasteiger partial charge in [0.2, 0.25) is 0 Å². The normalized spacial score (nSPS) is 13.9. The standard InChI is InChI=1S/C29H38O4Si/c1-28(2,3)34(5,6)33-22-10-21-32-27-19-15-25(16-20-27)29(30,23-11-8-7-9-12-23)24-13-17-26(31-4)18-14-24/h7-9,11-20,30H,10,21-22H2,1-6H3. The third kappa shape index (κ3) is 5.90. The minimum Gasteiger partial charge on any atom is -0.497 e. The number of aliphatic hydroxyl groups is 1. The lowest BCUT2D eigenvalue weighted by Crippen LogP contribution is -2.41. The van der Waals surface area contributed by atoms with E-state index in [4.69, 9.17) is 13.9 Å². The molecule has 0 spiro atoms. The Hall–Kier alpha value is -2.60. The zero-order valence-corrected chi connectivity index (χ0v) is 22.3. The molecular weight excluding hydrogens is 440 g/mol. The molecule has 0 bridgehead atoms. The zero-order valence-electron chi connectivity index (χ0n) is 21.3. The van der Waals surface area contributed by atoms with Gasteiger partial charge < -0.3 is 19.0 Å². The first kappa shape index (κ1) is 26.0. The molecule has 0 aromatic heterocycles. The van der Waals surface area contributed by atoms with Crippen LogP contribution in [-0.2, 0) is 10.0 Å². The van der Waals surface area contributed by atoms with E-state index in [1.54, 1.807) is 7.11 Å². The third-order valence-electron chi connectivity index (χ3n) is 6.80. The second-order valence-electron chi connectivity index (χ2n) is 10.1. The van der Waals surface area contributed by atoms with Crippen LogP contribution in [0.25, 0.3) is 0 Å². The highest BCUT2D eigenvalue weighted by atomic mass is 28.4. The van der Waals surface area contributed by atoms with Crippen molar-refractivity contribution < 1.29 is 19.0 Å². The Morgan fingerprint density at radius 2 is 1.21 bits per heavy atom. The van der Waals surface area contributed by atoms with Gasteiger partial charge in [-0.1, -0.05) is 75.4 Å². The molecule has 0 radical (unpaired) electrons. The van der Waals surface area contributed by atoms with E-state index in [0.717, 1.165) is 34.6 Å². The summed E-state index contributed by atoms with van der Waals surface area (Å²) in [7, 11) is -0.0889. The first-order valence-electron chi connectivity index (χ1n) is 11.9. The highest BCUT2D eigenvalue weighted by Crippen LogP contribution is 2.38. The number of benzene rings is 3. The maximum Gasteiger partial charge on any atom is 0.191 e. The first-order valence-corrected chi connectivity index (χ1v) is 14.8. The average Bonchev–Trinajstić information content (AvgIpc) is 2.83. The van der Waals surface area contributed by atoms with Gasteiger partial charge in [0, 0.05) is 13.0 Å². The summed E-state index contributed by atoms with van der Waals surface area (Å²) >= 11 is 0. The lowest BCUT2D eigenvalue weighted by atomic mass is 9.80. The van der Waals surface area contributed by atoms with Crippen molar-refractivity contribution in [3.63, 3.8) is 0 Å². The van der Waals surface area contributed by atoms with Crippen LogP contribution in [-0.4, -0.2) is 33.7 Å². The summed E-state index contributed by atoms with van der Waals surface area (Å²) in [6.07, 6.45) is 0.841. The van der Waals surface area contributed by atoms with Crippen molar-refractivity contribution >= 4 is 8.32 Å². The molecule has 0 aliphatic carbocycles. The number of ether oxygens (including phenoxy) is 2. The van der Waals surface area contributed by atoms with E-state index in [-0.39, 0.29) is 5.04 Å². The summed E-state index contributed by atoms with van der Waals surface area (Å²) in [5, 5.41) is 12.2. The molecule has 3 rings (SSSR count). The van der Waals surface area contributed by atoms with E-state index in [9.17, 15) is 5.11 Å². The Bertz CT molecular complexity index is 1020. The quantitative estimate of drug-likeness (QED) is 0.198. The van der Waals surface area contributed by atoms with Gasteiger partial charge >= 0.3 is 0 Å². The Balaban J connectivity index is 1.71. The van der Waals surface area contributed by atoms with E-state index >= 15 is 0 Å². The largest absolute Gasteiger partial charge is 0.497 e. The number of hydrogen-bond acceptors (Lipinski definition) is 4. The van der Waals surface area contributed by atoms with Crippen molar-refractivity contribution in [1.29, 1.82) is 0 Å². The average molecular weight is 479 g/mol. The Labute approximate surface area is 205 Å². The van der Waals surface area contributed by atoms with Crippen molar-refractivity contribution in [2.75, 3.05) is 20.3 Å². The summed E-state index contributed by atoms with van der Waals surface area (Å²) < 4.78 is 17.5. The van der Waals surface area contributed by atoms with E-state index in [2.05, 4.69) is 33.9 Å². The molecule has 0 saturated carbocycles. The second kappa shape index (κ2) is 10.8. The number of rotatable bonds is 10. The monoisotopic (exact) mass is 478 g/mol. The van der Waals surface area contributed by atoms with Crippen LogP contribution in [0.5, 0.6) is 11.5 Å². The zero-order chi connectivity index (χ0) is 24.8. The predicted octanol–water partition coefficient (Wildman–Crippen LogP) is 6.77. The first-order chi connectivity index (χ1) is 16.1. The second-order valence-corrected chi connectivity index (χ2v) is 14.9. The molecule has 0 amide bonds. The molecule has 1 atom stereocenters. The van der Waals surface area contributed by atoms with Crippen LogP contribution in [0.1, 0.15) is 43.9 Å². The molecule has 1 unspecified atom stereocenters. The van der Waals surface area contributed by atoms with Gasteiger partial charge in [-0.15, -0.1) is 0 Å². The summed E-state index contributed by atoms with van der Waals surface area (Å²) in [5.74, 6) is 1.53. The smallest absolute Gasteiger partial charge is 0.191 e. The fraction of sp³-hybridized carbons (Fsp3) is 0.379. The van der Waals surface area contributed by atoms with Crippen molar-refractivity contribution in [3.8, 4) is 11.5 Å². The molecule has 34 heavy (non-hydrogen) atoms. The molecule has 0 fully saturated rings. The minimum absolute atomic E-state index is 0.211. The van der Waals surface area contributed by atoms with Crippen LogP contribution in [0.2, 0.25) is 18.1 Å². The Morgan fingerprint density at radius 3 is 1.71 bits per heavy atom. The fourth-order valence-electron chi connectivity index (χ4n) is 3.60. The third-order valence-corrected chi connectivity index (χ3v) is 11.3. The summed E-state index contributed by atoms with van der Waals surface area (Å²) in [5.41, 5.74) is 1.06. The van der Waals surface area contributed by atoms with Crippen molar-refractivity contribution in [3.05, 3.63) is 95.6 Å². The summed E-state index contributed by atoms with van der Waals surface area (Å²) in [6, 6.07) is 24.9. The fourth-order valence-corrected chi connectivity index (χ4v) is 4.68. The van der Waals surface area contributed by atoms with Crippen LogP contribution in [0.4, 0.5) is 0 Å².